The Labute approximate surface area is 119 Å². The van der Waals surface area contributed by atoms with Crippen molar-refractivity contribution in [3.63, 3.8) is 0 Å². The summed E-state index contributed by atoms with van der Waals surface area (Å²) in [6.07, 6.45) is 6.09. The van der Waals surface area contributed by atoms with Gasteiger partial charge in [0.05, 0.1) is 6.61 Å². The van der Waals surface area contributed by atoms with Crippen LogP contribution in [0.4, 0.5) is 0 Å². The van der Waals surface area contributed by atoms with Gasteiger partial charge in [0, 0.05) is 10.7 Å². The van der Waals surface area contributed by atoms with Crippen LogP contribution in [0.1, 0.15) is 37.7 Å². The second-order valence-electron chi connectivity index (χ2n) is 5.20. The summed E-state index contributed by atoms with van der Waals surface area (Å²) in [5.41, 5.74) is 0.851. The number of hydrogen-bond acceptors (Lipinski definition) is 3. The lowest BCUT2D eigenvalue weighted by Crippen LogP contribution is -2.16. The van der Waals surface area contributed by atoms with E-state index in [1.54, 1.807) is 12.1 Å². The maximum Gasteiger partial charge on any atom is 0.264 e. The molecular formula is C14H19ClO3S. The highest BCUT2D eigenvalue weighted by molar-refractivity contribution is 8.13. The van der Waals surface area contributed by atoms with Crippen LogP contribution in [0.2, 0.25) is 0 Å². The van der Waals surface area contributed by atoms with E-state index in [9.17, 15) is 8.42 Å². The van der Waals surface area contributed by atoms with Crippen LogP contribution in [-0.2, 0) is 9.05 Å². The maximum absolute atomic E-state index is 11.5. The zero-order valence-electron chi connectivity index (χ0n) is 11.1. The van der Waals surface area contributed by atoms with Crippen LogP contribution in [0.25, 0.3) is 0 Å². The summed E-state index contributed by atoms with van der Waals surface area (Å²) in [6.45, 7) is 2.40. The van der Waals surface area contributed by atoms with Gasteiger partial charge in [0.25, 0.3) is 9.05 Å². The van der Waals surface area contributed by atoms with Gasteiger partial charge in [0.2, 0.25) is 0 Å². The fourth-order valence-electron chi connectivity index (χ4n) is 2.49. The molecule has 0 unspecified atom stereocenters. The Hall–Kier alpha value is -0.740. The number of halogens is 1. The molecule has 1 aromatic carbocycles. The molecule has 1 fully saturated rings. The Kier molecular flexibility index (Phi) is 4.74. The van der Waals surface area contributed by atoms with Gasteiger partial charge in [0.15, 0.2) is 0 Å². The van der Waals surface area contributed by atoms with Crippen LogP contribution in [0, 0.1) is 12.8 Å². The van der Waals surface area contributed by atoms with Crippen molar-refractivity contribution in [3.8, 4) is 5.75 Å². The second-order valence-corrected chi connectivity index (χ2v) is 7.74. The van der Waals surface area contributed by atoms with Crippen LogP contribution in [0.15, 0.2) is 23.1 Å². The predicted octanol–water partition coefficient (Wildman–Crippen LogP) is 3.88. The molecule has 1 saturated carbocycles. The van der Waals surface area contributed by atoms with E-state index in [2.05, 4.69) is 0 Å². The molecule has 1 aliphatic rings. The minimum absolute atomic E-state index is 0.0741. The summed E-state index contributed by atoms with van der Waals surface area (Å²) >= 11 is 0. The van der Waals surface area contributed by atoms with Crippen molar-refractivity contribution in [1.29, 1.82) is 0 Å². The monoisotopic (exact) mass is 302 g/mol. The Morgan fingerprint density at radius 1 is 1.26 bits per heavy atom. The van der Waals surface area contributed by atoms with E-state index in [0.29, 0.717) is 18.3 Å². The number of rotatable bonds is 4. The quantitative estimate of drug-likeness (QED) is 0.793. The molecule has 0 bridgehead atoms. The molecule has 2 rings (SSSR count). The molecule has 0 aliphatic heterocycles. The molecule has 0 heterocycles. The van der Waals surface area contributed by atoms with Gasteiger partial charge in [-0.25, -0.2) is 8.42 Å². The highest BCUT2D eigenvalue weighted by atomic mass is 35.7. The van der Waals surface area contributed by atoms with Crippen LogP contribution >= 0.6 is 10.7 Å². The van der Waals surface area contributed by atoms with Crippen molar-refractivity contribution >= 4 is 19.7 Å². The lowest BCUT2D eigenvalue weighted by atomic mass is 9.90. The van der Waals surface area contributed by atoms with Gasteiger partial charge in [-0.05, 0) is 43.4 Å². The van der Waals surface area contributed by atoms with E-state index < -0.39 is 9.05 Å². The minimum Gasteiger partial charge on any atom is -0.492 e. The van der Waals surface area contributed by atoms with Gasteiger partial charge in [-0.2, -0.15) is 0 Å². The van der Waals surface area contributed by atoms with Gasteiger partial charge in [-0.15, -0.1) is 0 Å². The molecular weight excluding hydrogens is 284 g/mol. The Balaban J connectivity index is 2.11. The molecule has 106 valence electrons. The molecule has 0 amide bonds. The first-order valence-corrected chi connectivity index (χ1v) is 8.96. The first-order valence-electron chi connectivity index (χ1n) is 6.65. The third-order valence-electron chi connectivity index (χ3n) is 3.56. The lowest BCUT2D eigenvalue weighted by molar-refractivity contribution is 0.205. The van der Waals surface area contributed by atoms with Crippen molar-refractivity contribution < 1.29 is 13.2 Å². The SMILES string of the molecule is Cc1ccc(OCC2CCCCC2)c(S(=O)(=O)Cl)c1. The highest BCUT2D eigenvalue weighted by Crippen LogP contribution is 2.30. The molecule has 0 atom stereocenters. The first kappa shape index (κ1) is 14.7. The molecule has 3 nitrogen and oxygen atoms in total. The first-order chi connectivity index (χ1) is 8.97. The molecule has 1 aromatic rings. The van der Waals surface area contributed by atoms with Crippen LogP contribution < -0.4 is 4.74 Å². The van der Waals surface area contributed by atoms with E-state index in [1.165, 1.54) is 19.3 Å². The zero-order chi connectivity index (χ0) is 13.9. The lowest BCUT2D eigenvalue weighted by Gasteiger charge is -2.22. The third-order valence-corrected chi connectivity index (χ3v) is 4.90. The summed E-state index contributed by atoms with van der Waals surface area (Å²) in [5.74, 6) is 0.895. The predicted molar refractivity (Wildman–Crippen MR) is 76.3 cm³/mol. The van der Waals surface area contributed by atoms with Crippen molar-refractivity contribution in [2.75, 3.05) is 6.61 Å². The molecule has 0 N–H and O–H groups in total. The van der Waals surface area contributed by atoms with Crippen molar-refractivity contribution in [1.82, 2.24) is 0 Å². The Morgan fingerprint density at radius 3 is 2.58 bits per heavy atom. The number of ether oxygens (including phenoxy) is 1. The fourth-order valence-corrected chi connectivity index (χ4v) is 3.54. The van der Waals surface area contributed by atoms with E-state index in [-0.39, 0.29) is 4.90 Å². The minimum atomic E-state index is -3.76. The van der Waals surface area contributed by atoms with E-state index in [4.69, 9.17) is 15.4 Å². The molecule has 0 spiro atoms. The highest BCUT2D eigenvalue weighted by Gasteiger charge is 2.19. The smallest absolute Gasteiger partial charge is 0.264 e. The average Bonchev–Trinajstić information content (AvgIpc) is 2.37. The van der Waals surface area contributed by atoms with Gasteiger partial charge < -0.3 is 4.74 Å². The third kappa shape index (κ3) is 4.11. The van der Waals surface area contributed by atoms with Gasteiger partial charge >= 0.3 is 0 Å². The molecule has 0 radical (unpaired) electrons. The average molecular weight is 303 g/mol. The zero-order valence-corrected chi connectivity index (χ0v) is 12.6. The maximum atomic E-state index is 11.5. The molecule has 0 saturated heterocycles. The summed E-state index contributed by atoms with van der Waals surface area (Å²) in [7, 11) is 1.69. The van der Waals surface area contributed by atoms with E-state index in [1.807, 2.05) is 13.0 Å². The van der Waals surface area contributed by atoms with E-state index in [0.717, 1.165) is 18.4 Å². The second kappa shape index (κ2) is 6.14. The summed E-state index contributed by atoms with van der Waals surface area (Å²) < 4.78 is 28.8. The summed E-state index contributed by atoms with van der Waals surface area (Å²) in [4.78, 5) is 0.0741. The van der Waals surface area contributed by atoms with Gasteiger partial charge in [0.1, 0.15) is 10.6 Å². The van der Waals surface area contributed by atoms with Gasteiger partial charge in [-0.1, -0.05) is 25.3 Å². The summed E-state index contributed by atoms with van der Waals surface area (Å²) in [5, 5.41) is 0. The van der Waals surface area contributed by atoms with Crippen molar-refractivity contribution in [2.24, 2.45) is 5.92 Å². The number of benzene rings is 1. The normalized spacial score (nSPS) is 17.4. The van der Waals surface area contributed by atoms with Crippen LogP contribution in [0.5, 0.6) is 5.75 Å². The number of hydrogen-bond donors (Lipinski definition) is 0. The molecule has 1 aliphatic carbocycles. The van der Waals surface area contributed by atoms with Gasteiger partial charge in [-0.3, -0.25) is 0 Å². The largest absolute Gasteiger partial charge is 0.492 e. The Bertz CT molecular complexity index is 534. The van der Waals surface area contributed by atoms with Crippen molar-refractivity contribution in [3.05, 3.63) is 23.8 Å². The standard InChI is InChI=1S/C14H19ClO3S/c1-11-7-8-13(14(9-11)19(15,16)17)18-10-12-5-3-2-4-6-12/h7-9,12H,2-6,10H2,1H3. The fraction of sp³-hybridized carbons (Fsp3) is 0.571. The van der Waals surface area contributed by atoms with Crippen LogP contribution in [0.3, 0.4) is 0 Å². The topological polar surface area (TPSA) is 43.4 Å². The van der Waals surface area contributed by atoms with E-state index >= 15 is 0 Å². The number of aryl methyl sites for hydroxylation is 1. The van der Waals surface area contributed by atoms with Crippen LogP contribution in [-0.4, -0.2) is 15.0 Å². The Morgan fingerprint density at radius 2 is 1.95 bits per heavy atom. The molecule has 19 heavy (non-hydrogen) atoms. The molecule has 5 heteroatoms. The molecule has 0 aromatic heterocycles. The van der Waals surface area contributed by atoms with Crippen molar-refractivity contribution in [2.45, 2.75) is 43.9 Å². The summed E-state index contributed by atoms with van der Waals surface area (Å²) in [6, 6.07) is 5.08.